The summed E-state index contributed by atoms with van der Waals surface area (Å²) in [5.41, 5.74) is -0.867. The van der Waals surface area contributed by atoms with Gasteiger partial charge < -0.3 is 10.4 Å². The molecule has 20 heavy (non-hydrogen) atoms. The SMILES string of the molecule is O=C(Nc1c(F)cccc1C(=O)O)c1cccc(F)c1. The zero-order valence-corrected chi connectivity index (χ0v) is 10.1. The maximum atomic E-state index is 13.6. The lowest BCUT2D eigenvalue weighted by molar-refractivity contribution is 0.0697. The van der Waals surface area contributed by atoms with Crippen LogP contribution in [0.2, 0.25) is 0 Å². The van der Waals surface area contributed by atoms with Crippen LogP contribution in [0.3, 0.4) is 0 Å². The van der Waals surface area contributed by atoms with E-state index >= 15 is 0 Å². The van der Waals surface area contributed by atoms with Gasteiger partial charge in [0, 0.05) is 5.56 Å². The van der Waals surface area contributed by atoms with Crippen LogP contribution in [0.15, 0.2) is 42.5 Å². The normalized spacial score (nSPS) is 10.1. The van der Waals surface area contributed by atoms with Gasteiger partial charge in [-0.25, -0.2) is 13.6 Å². The Kier molecular flexibility index (Phi) is 3.74. The fourth-order valence-corrected chi connectivity index (χ4v) is 1.64. The highest BCUT2D eigenvalue weighted by Crippen LogP contribution is 2.21. The van der Waals surface area contributed by atoms with Crippen molar-refractivity contribution in [2.24, 2.45) is 0 Å². The number of amides is 1. The summed E-state index contributed by atoms with van der Waals surface area (Å²) >= 11 is 0. The third kappa shape index (κ3) is 2.80. The Labute approximate surface area is 112 Å². The van der Waals surface area contributed by atoms with E-state index in [0.717, 1.165) is 24.3 Å². The number of carboxylic acids is 1. The van der Waals surface area contributed by atoms with Gasteiger partial charge in [-0.3, -0.25) is 4.79 Å². The molecule has 2 rings (SSSR count). The number of hydrogen-bond donors (Lipinski definition) is 2. The highest BCUT2D eigenvalue weighted by Gasteiger charge is 2.17. The quantitative estimate of drug-likeness (QED) is 0.906. The number of carbonyl (C=O) groups is 2. The Bertz CT molecular complexity index is 686. The number of carbonyl (C=O) groups excluding carboxylic acids is 1. The minimum absolute atomic E-state index is 0.0374. The van der Waals surface area contributed by atoms with Crippen molar-refractivity contribution in [1.29, 1.82) is 0 Å². The first-order chi connectivity index (χ1) is 9.49. The van der Waals surface area contributed by atoms with Crippen LogP contribution < -0.4 is 5.32 Å². The first kappa shape index (κ1) is 13.7. The van der Waals surface area contributed by atoms with E-state index in [-0.39, 0.29) is 11.1 Å². The standard InChI is InChI=1S/C14H9F2NO3/c15-9-4-1-3-8(7-9)13(18)17-12-10(14(19)20)5-2-6-11(12)16/h1-7H,(H,17,18)(H,19,20). The molecular formula is C14H9F2NO3. The van der Waals surface area contributed by atoms with Crippen molar-refractivity contribution in [2.75, 3.05) is 5.32 Å². The maximum absolute atomic E-state index is 13.6. The number of rotatable bonds is 3. The average Bonchev–Trinajstić information content (AvgIpc) is 2.40. The Morgan fingerprint density at radius 3 is 2.40 bits per heavy atom. The van der Waals surface area contributed by atoms with Crippen LogP contribution in [0.5, 0.6) is 0 Å². The molecule has 0 spiro atoms. The summed E-state index contributed by atoms with van der Waals surface area (Å²) in [6.07, 6.45) is 0. The molecule has 2 aromatic carbocycles. The average molecular weight is 277 g/mol. The number of carboxylic acid groups (broad SMARTS) is 1. The molecule has 0 atom stereocenters. The first-order valence-electron chi connectivity index (χ1n) is 5.58. The number of para-hydroxylation sites is 1. The molecule has 0 aliphatic carbocycles. The van der Waals surface area contributed by atoms with E-state index in [4.69, 9.17) is 5.11 Å². The number of anilines is 1. The third-order valence-corrected chi connectivity index (χ3v) is 2.57. The fraction of sp³-hybridized carbons (Fsp3) is 0. The Balaban J connectivity index is 2.35. The molecule has 0 unspecified atom stereocenters. The monoisotopic (exact) mass is 277 g/mol. The van der Waals surface area contributed by atoms with Crippen molar-refractivity contribution in [3.63, 3.8) is 0 Å². The lowest BCUT2D eigenvalue weighted by Crippen LogP contribution is -2.16. The molecule has 0 aliphatic rings. The molecule has 2 N–H and O–H groups in total. The van der Waals surface area contributed by atoms with Gasteiger partial charge in [0.25, 0.3) is 5.91 Å². The minimum atomic E-state index is -1.38. The highest BCUT2D eigenvalue weighted by molar-refractivity contribution is 6.07. The second kappa shape index (κ2) is 5.48. The van der Waals surface area contributed by atoms with E-state index in [1.165, 1.54) is 18.2 Å². The van der Waals surface area contributed by atoms with E-state index < -0.39 is 29.2 Å². The van der Waals surface area contributed by atoms with Crippen LogP contribution in [-0.2, 0) is 0 Å². The van der Waals surface area contributed by atoms with Crippen LogP contribution in [0, 0.1) is 11.6 Å². The molecule has 4 nitrogen and oxygen atoms in total. The molecule has 0 bridgehead atoms. The largest absolute Gasteiger partial charge is 0.478 e. The fourth-order valence-electron chi connectivity index (χ4n) is 1.64. The van der Waals surface area contributed by atoms with Crippen molar-refractivity contribution in [2.45, 2.75) is 0 Å². The predicted molar refractivity (Wildman–Crippen MR) is 67.7 cm³/mol. The molecule has 0 saturated carbocycles. The molecular weight excluding hydrogens is 268 g/mol. The lowest BCUT2D eigenvalue weighted by Gasteiger charge is -2.09. The summed E-state index contributed by atoms with van der Waals surface area (Å²) in [6, 6.07) is 8.18. The lowest BCUT2D eigenvalue weighted by atomic mass is 10.1. The minimum Gasteiger partial charge on any atom is -0.478 e. The van der Waals surface area contributed by atoms with Crippen LogP contribution in [0.4, 0.5) is 14.5 Å². The topological polar surface area (TPSA) is 66.4 Å². The van der Waals surface area contributed by atoms with Gasteiger partial charge in [0.15, 0.2) is 0 Å². The molecule has 0 aliphatic heterocycles. The van der Waals surface area contributed by atoms with Gasteiger partial charge in [0.1, 0.15) is 11.6 Å². The van der Waals surface area contributed by atoms with E-state index in [1.807, 2.05) is 0 Å². The molecule has 6 heteroatoms. The van der Waals surface area contributed by atoms with E-state index in [0.29, 0.717) is 0 Å². The number of benzene rings is 2. The van der Waals surface area contributed by atoms with Gasteiger partial charge in [0.05, 0.1) is 11.3 Å². The van der Waals surface area contributed by atoms with Gasteiger partial charge in [-0.15, -0.1) is 0 Å². The molecule has 0 radical (unpaired) electrons. The summed E-state index contributed by atoms with van der Waals surface area (Å²) in [5.74, 6) is -3.67. The van der Waals surface area contributed by atoms with Crippen molar-refractivity contribution < 1.29 is 23.5 Å². The molecule has 1 amide bonds. The molecule has 0 saturated heterocycles. The van der Waals surface area contributed by atoms with E-state index in [2.05, 4.69) is 5.32 Å². The Morgan fingerprint density at radius 2 is 1.75 bits per heavy atom. The van der Waals surface area contributed by atoms with Gasteiger partial charge in [-0.1, -0.05) is 12.1 Å². The zero-order chi connectivity index (χ0) is 14.7. The van der Waals surface area contributed by atoms with E-state index in [1.54, 1.807) is 0 Å². The first-order valence-corrected chi connectivity index (χ1v) is 5.58. The van der Waals surface area contributed by atoms with Crippen LogP contribution in [0.1, 0.15) is 20.7 Å². The molecule has 0 fully saturated rings. The summed E-state index contributed by atoms with van der Waals surface area (Å²) in [6.45, 7) is 0. The molecule has 102 valence electrons. The van der Waals surface area contributed by atoms with Crippen LogP contribution in [0.25, 0.3) is 0 Å². The number of hydrogen-bond acceptors (Lipinski definition) is 2. The van der Waals surface area contributed by atoms with Gasteiger partial charge in [-0.2, -0.15) is 0 Å². The smallest absolute Gasteiger partial charge is 0.337 e. The zero-order valence-electron chi connectivity index (χ0n) is 10.1. The summed E-state index contributed by atoms with van der Waals surface area (Å²) in [4.78, 5) is 22.8. The van der Waals surface area contributed by atoms with Crippen LogP contribution in [-0.4, -0.2) is 17.0 Å². The second-order valence-corrected chi connectivity index (χ2v) is 3.93. The van der Waals surface area contributed by atoms with Gasteiger partial charge >= 0.3 is 5.97 Å². The number of aromatic carboxylic acids is 1. The van der Waals surface area contributed by atoms with E-state index in [9.17, 15) is 18.4 Å². The summed E-state index contributed by atoms with van der Waals surface area (Å²) in [5, 5.41) is 11.1. The molecule has 2 aromatic rings. The molecule has 0 heterocycles. The summed E-state index contributed by atoms with van der Waals surface area (Å²) < 4.78 is 26.6. The third-order valence-electron chi connectivity index (χ3n) is 2.57. The molecule has 0 aromatic heterocycles. The van der Waals surface area contributed by atoms with Crippen molar-refractivity contribution in [3.8, 4) is 0 Å². The maximum Gasteiger partial charge on any atom is 0.337 e. The van der Waals surface area contributed by atoms with Gasteiger partial charge in [0.2, 0.25) is 0 Å². The second-order valence-electron chi connectivity index (χ2n) is 3.93. The van der Waals surface area contributed by atoms with Gasteiger partial charge in [-0.05, 0) is 30.3 Å². The predicted octanol–water partition coefficient (Wildman–Crippen LogP) is 2.92. The van der Waals surface area contributed by atoms with Crippen molar-refractivity contribution in [3.05, 3.63) is 65.2 Å². The highest BCUT2D eigenvalue weighted by atomic mass is 19.1. The van der Waals surface area contributed by atoms with Crippen LogP contribution >= 0.6 is 0 Å². The number of nitrogens with one attached hydrogen (secondary N) is 1. The Morgan fingerprint density at radius 1 is 1.05 bits per heavy atom. The Hall–Kier alpha value is -2.76. The summed E-state index contributed by atoms with van der Waals surface area (Å²) in [7, 11) is 0. The van der Waals surface area contributed by atoms with Crippen molar-refractivity contribution >= 4 is 17.6 Å². The van der Waals surface area contributed by atoms with Crippen molar-refractivity contribution in [1.82, 2.24) is 0 Å². The number of halogens is 2.